The highest BCUT2D eigenvalue weighted by molar-refractivity contribution is 14.2. The van der Waals surface area contributed by atoms with Crippen LogP contribution in [0, 0.1) is 11.8 Å². The Balaban J connectivity index is 1.61. The van der Waals surface area contributed by atoms with Crippen LogP contribution in [0.2, 0.25) is 0 Å². The van der Waals surface area contributed by atoms with E-state index in [4.69, 9.17) is 8.92 Å². The van der Waals surface area contributed by atoms with Crippen molar-refractivity contribution in [2.45, 2.75) is 31.7 Å². The Kier molecular flexibility index (Phi) is 7.51. The van der Waals surface area contributed by atoms with Crippen molar-refractivity contribution >= 4 is 54.0 Å². The van der Waals surface area contributed by atoms with Crippen LogP contribution in [0.15, 0.2) is 18.2 Å². The summed E-state index contributed by atoms with van der Waals surface area (Å²) in [7, 11) is 1.29. The molecule has 10 heteroatoms. The van der Waals surface area contributed by atoms with Crippen LogP contribution < -0.4 is 10.1 Å². The molecule has 8 nitrogen and oxygen atoms in total. The number of fused-ring (bicyclic) bond motifs is 1. The number of rotatable bonds is 7. The van der Waals surface area contributed by atoms with Gasteiger partial charge in [-0.2, -0.15) is 0 Å². The number of amides is 4. The molecule has 29 heavy (non-hydrogen) atoms. The molecule has 0 spiro atoms. The molecule has 1 unspecified atom stereocenters. The minimum absolute atomic E-state index is 0.0832. The molecule has 1 aromatic carbocycles. The Morgan fingerprint density at radius 3 is 2.72 bits per heavy atom. The van der Waals surface area contributed by atoms with Crippen LogP contribution in [0.3, 0.4) is 0 Å². The lowest BCUT2D eigenvalue weighted by Crippen LogP contribution is -2.54. The van der Waals surface area contributed by atoms with Gasteiger partial charge in [0, 0.05) is 34.0 Å². The number of nitrogens with one attached hydrogen (secondary N) is 1. The SMILES string of the molecule is O=C1CCC(N2C(=O)c3ccc(OCC#CCCCOSI)cc3C2=O)C(=O)N1. The molecule has 1 aromatic rings. The number of unbranched alkanes of at least 4 members (excludes halogenated alkanes) is 1. The van der Waals surface area contributed by atoms with Crippen LogP contribution in [0.1, 0.15) is 46.4 Å². The monoisotopic (exact) mass is 528 g/mol. The van der Waals surface area contributed by atoms with Crippen LogP contribution in [-0.2, 0) is 13.8 Å². The fourth-order valence-electron chi connectivity index (χ4n) is 3.05. The third-order valence-corrected chi connectivity index (χ3v) is 5.44. The predicted octanol–water partition coefficient (Wildman–Crippen LogP) is 2.26. The third kappa shape index (κ3) is 5.09. The van der Waals surface area contributed by atoms with E-state index >= 15 is 0 Å². The first-order valence-corrected chi connectivity index (χ1v) is 12.2. The topological polar surface area (TPSA) is 102 Å². The van der Waals surface area contributed by atoms with Gasteiger partial charge in [-0.1, -0.05) is 11.8 Å². The van der Waals surface area contributed by atoms with Crippen LogP contribution in [-0.4, -0.2) is 47.8 Å². The average Bonchev–Trinajstić information content (AvgIpc) is 2.94. The summed E-state index contributed by atoms with van der Waals surface area (Å²) < 4.78 is 10.7. The average molecular weight is 528 g/mol. The molecule has 0 radical (unpaired) electrons. The predicted molar refractivity (Wildman–Crippen MR) is 113 cm³/mol. The fraction of sp³-hybridized carbons (Fsp3) is 0.368. The molecule has 3 rings (SSSR count). The second kappa shape index (κ2) is 10.1. The van der Waals surface area contributed by atoms with E-state index in [-0.39, 0.29) is 30.6 Å². The molecule has 0 aliphatic carbocycles. The van der Waals surface area contributed by atoms with Crippen LogP contribution in [0.25, 0.3) is 0 Å². The number of piperidine rings is 1. The number of hydrogen-bond acceptors (Lipinski definition) is 7. The van der Waals surface area contributed by atoms with E-state index in [1.807, 2.05) is 0 Å². The minimum Gasteiger partial charge on any atom is -0.481 e. The third-order valence-electron chi connectivity index (χ3n) is 4.42. The van der Waals surface area contributed by atoms with Gasteiger partial charge in [-0.15, -0.1) is 0 Å². The number of carbonyl (C=O) groups is 4. The first-order valence-electron chi connectivity index (χ1n) is 8.87. The Morgan fingerprint density at radius 2 is 1.97 bits per heavy atom. The van der Waals surface area contributed by atoms with Crippen molar-refractivity contribution in [1.82, 2.24) is 10.2 Å². The number of nitrogens with zero attached hydrogens (tertiary/aromatic N) is 1. The van der Waals surface area contributed by atoms with Crippen molar-refractivity contribution in [3.8, 4) is 17.6 Å². The van der Waals surface area contributed by atoms with Gasteiger partial charge in [-0.05, 0) is 31.0 Å². The summed E-state index contributed by atoms with van der Waals surface area (Å²) in [6, 6.07) is 3.59. The van der Waals surface area contributed by atoms with Crippen LogP contribution in [0.5, 0.6) is 5.75 Å². The van der Waals surface area contributed by atoms with E-state index in [1.54, 1.807) is 6.07 Å². The molecule has 1 atom stereocenters. The first-order chi connectivity index (χ1) is 14.0. The largest absolute Gasteiger partial charge is 0.481 e. The Bertz CT molecular complexity index is 910. The van der Waals surface area contributed by atoms with Gasteiger partial charge in [0.15, 0.2) is 0 Å². The molecule has 2 aliphatic rings. The Labute approximate surface area is 183 Å². The maximum atomic E-state index is 12.7. The standard InChI is InChI=1S/C19H17IN2O6S/c20-29-28-10-4-2-1-3-9-27-12-5-6-13-14(11-12)19(26)22(18(13)25)15-7-8-16(23)21-17(15)24/h5-6,11,15H,2,4,7-10H2,(H,21,23,24). The summed E-state index contributed by atoms with van der Waals surface area (Å²) in [6.45, 7) is 0.785. The summed E-state index contributed by atoms with van der Waals surface area (Å²) in [5.41, 5.74) is 0.393. The molecule has 0 saturated carbocycles. The van der Waals surface area contributed by atoms with E-state index in [2.05, 4.69) is 38.4 Å². The summed E-state index contributed by atoms with van der Waals surface area (Å²) in [5, 5.41) is 2.17. The van der Waals surface area contributed by atoms with Gasteiger partial charge in [0.25, 0.3) is 11.8 Å². The number of ether oxygens (including phenoxy) is 1. The molecule has 0 aromatic heterocycles. The van der Waals surface area contributed by atoms with Crippen molar-refractivity contribution in [3.05, 3.63) is 29.3 Å². The molecule has 2 aliphatic heterocycles. The van der Waals surface area contributed by atoms with Gasteiger partial charge in [0.2, 0.25) is 11.8 Å². The van der Waals surface area contributed by atoms with Crippen molar-refractivity contribution in [3.63, 3.8) is 0 Å². The zero-order chi connectivity index (χ0) is 20.8. The molecule has 1 fully saturated rings. The second-order valence-electron chi connectivity index (χ2n) is 6.29. The number of carbonyl (C=O) groups excluding carboxylic acids is 4. The molecule has 2 heterocycles. The van der Waals surface area contributed by atoms with Crippen molar-refractivity contribution in [1.29, 1.82) is 0 Å². The molecule has 1 N–H and O–H groups in total. The van der Waals surface area contributed by atoms with Gasteiger partial charge >= 0.3 is 0 Å². The first kappa shape index (κ1) is 21.6. The highest BCUT2D eigenvalue weighted by Gasteiger charge is 2.44. The van der Waals surface area contributed by atoms with Crippen molar-refractivity contribution in [2.75, 3.05) is 13.2 Å². The lowest BCUT2D eigenvalue weighted by molar-refractivity contribution is -0.136. The number of hydrogen-bond donors (Lipinski definition) is 1. The molecular weight excluding hydrogens is 511 g/mol. The quantitative estimate of drug-likeness (QED) is 0.191. The van der Waals surface area contributed by atoms with Gasteiger partial charge in [-0.3, -0.25) is 29.4 Å². The summed E-state index contributed by atoms with van der Waals surface area (Å²) in [5.74, 6) is 4.12. The normalized spacial score (nSPS) is 18.2. The van der Waals surface area contributed by atoms with Crippen molar-refractivity contribution in [2.24, 2.45) is 0 Å². The van der Waals surface area contributed by atoms with Crippen LogP contribution >= 0.6 is 30.4 Å². The van der Waals surface area contributed by atoms with E-state index in [0.717, 1.165) is 11.3 Å². The van der Waals surface area contributed by atoms with E-state index < -0.39 is 29.7 Å². The Hall–Kier alpha value is -2.10. The van der Waals surface area contributed by atoms with Crippen molar-refractivity contribution < 1.29 is 28.1 Å². The summed E-state index contributed by atoms with van der Waals surface area (Å²) in [6.07, 6.45) is 1.73. The van der Waals surface area contributed by atoms with E-state index in [1.165, 1.54) is 21.3 Å². The molecule has 4 amide bonds. The van der Waals surface area contributed by atoms with Crippen LogP contribution in [0.4, 0.5) is 0 Å². The maximum absolute atomic E-state index is 12.7. The van der Waals surface area contributed by atoms with Gasteiger partial charge in [0.1, 0.15) is 18.4 Å². The molecular formula is C19H17IN2O6S. The molecule has 1 saturated heterocycles. The molecule has 152 valence electrons. The van der Waals surface area contributed by atoms with E-state index in [0.29, 0.717) is 18.8 Å². The highest BCUT2D eigenvalue weighted by atomic mass is 127. The lowest BCUT2D eigenvalue weighted by atomic mass is 10.0. The lowest BCUT2D eigenvalue weighted by Gasteiger charge is -2.27. The Morgan fingerprint density at radius 1 is 1.17 bits per heavy atom. The number of halogens is 1. The van der Waals surface area contributed by atoms with Gasteiger partial charge in [-0.25, -0.2) is 0 Å². The maximum Gasteiger partial charge on any atom is 0.262 e. The van der Waals surface area contributed by atoms with Gasteiger partial charge in [0.05, 0.1) is 26.9 Å². The number of benzene rings is 1. The zero-order valence-corrected chi connectivity index (χ0v) is 18.2. The molecule has 0 bridgehead atoms. The summed E-state index contributed by atoms with van der Waals surface area (Å²) in [4.78, 5) is 49.6. The second-order valence-corrected chi connectivity index (χ2v) is 7.73. The minimum atomic E-state index is -0.982. The summed E-state index contributed by atoms with van der Waals surface area (Å²) >= 11 is 2.06. The highest BCUT2D eigenvalue weighted by Crippen LogP contribution is 2.30. The zero-order valence-electron chi connectivity index (χ0n) is 15.2. The van der Waals surface area contributed by atoms with E-state index in [9.17, 15) is 19.2 Å². The fourth-order valence-corrected chi connectivity index (χ4v) is 3.77. The number of imide groups is 2. The van der Waals surface area contributed by atoms with Gasteiger partial charge < -0.3 is 8.92 Å². The smallest absolute Gasteiger partial charge is 0.262 e.